The Morgan fingerprint density at radius 2 is 1.82 bits per heavy atom. The van der Waals surface area contributed by atoms with Crippen molar-refractivity contribution in [2.24, 2.45) is 0 Å². The molecule has 1 N–H and O–H groups in total. The minimum atomic E-state index is 0.0258. The number of aromatic hydroxyl groups is 1. The third kappa shape index (κ3) is 2.56. The Balaban J connectivity index is 2.28. The summed E-state index contributed by atoms with van der Waals surface area (Å²) in [6, 6.07) is 16.3. The van der Waals surface area contributed by atoms with Gasteiger partial charge < -0.3 is 9.84 Å². The molecule has 0 aliphatic rings. The van der Waals surface area contributed by atoms with Crippen LogP contribution in [0, 0.1) is 11.3 Å². The van der Waals surface area contributed by atoms with E-state index in [1.807, 2.05) is 24.3 Å². The second-order valence-electron chi connectivity index (χ2n) is 3.51. The molecular weight excluding hydrogens is 214 g/mol. The van der Waals surface area contributed by atoms with Gasteiger partial charge in [-0.1, -0.05) is 30.3 Å². The lowest BCUT2D eigenvalue weighted by molar-refractivity contribution is 0.408. The maximum Gasteiger partial charge on any atom is 0.169 e. The summed E-state index contributed by atoms with van der Waals surface area (Å²) in [6.45, 7) is 0. The number of phenolic OH excluding ortho intramolecular Hbond substituents is 1. The van der Waals surface area contributed by atoms with Crippen LogP contribution in [0.15, 0.2) is 48.5 Å². The number of nitriles is 1. The molecule has 84 valence electrons. The van der Waals surface area contributed by atoms with E-state index in [-0.39, 0.29) is 12.2 Å². The molecule has 0 heterocycles. The first-order valence-corrected chi connectivity index (χ1v) is 5.22. The molecule has 0 spiro atoms. The van der Waals surface area contributed by atoms with Crippen LogP contribution >= 0.6 is 0 Å². The number of benzene rings is 2. The number of phenols is 1. The fraction of sp³-hybridized carbons (Fsp3) is 0.0714. The maximum absolute atomic E-state index is 9.91. The van der Waals surface area contributed by atoms with Gasteiger partial charge in [0, 0.05) is 5.56 Å². The topological polar surface area (TPSA) is 53.2 Å². The Morgan fingerprint density at radius 1 is 1.06 bits per heavy atom. The average molecular weight is 225 g/mol. The van der Waals surface area contributed by atoms with Crippen molar-refractivity contribution >= 4 is 0 Å². The van der Waals surface area contributed by atoms with Crippen LogP contribution in [0.2, 0.25) is 0 Å². The van der Waals surface area contributed by atoms with Crippen molar-refractivity contribution < 1.29 is 9.84 Å². The van der Waals surface area contributed by atoms with Gasteiger partial charge in [-0.2, -0.15) is 5.26 Å². The van der Waals surface area contributed by atoms with E-state index in [1.54, 1.807) is 30.3 Å². The summed E-state index contributed by atoms with van der Waals surface area (Å²) in [4.78, 5) is 0. The molecule has 0 bridgehead atoms. The van der Waals surface area contributed by atoms with E-state index in [1.165, 1.54) is 0 Å². The number of hydrogen-bond donors (Lipinski definition) is 1. The smallest absolute Gasteiger partial charge is 0.169 e. The van der Waals surface area contributed by atoms with Crippen LogP contribution in [0.4, 0.5) is 0 Å². The zero-order valence-corrected chi connectivity index (χ0v) is 9.13. The maximum atomic E-state index is 9.91. The van der Waals surface area contributed by atoms with Crippen LogP contribution in [0.1, 0.15) is 5.56 Å². The molecule has 0 aliphatic carbocycles. The van der Waals surface area contributed by atoms with E-state index in [2.05, 4.69) is 0 Å². The molecule has 3 heteroatoms. The predicted octanol–water partition coefficient (Wildman–Crippen LogP) is 3.25. The zero-order chi connectivity index (χ0) is 12.1. The van der Waals surface area contributed by atoms with Crippen LogP contribution in [-0.2, 0) is 6.42 Å². The highest BCUT2D eigenvalue weighted by Gasteiger charge is 2.08. The summed E-state index contributed by atoms with van der Waals surface area (Å²) < 4.78 is 5.54. The Kier molecular flexibility index (Phi) is 3.27. The third-order valence-electron chi connectivity index (χ3n) is 2.32. The van der Waals surface area contributed by atoms with Crippen molar-refractivity contribution in [1.82, 2.24) is 0 Å². The van der Waals surface area contributed by atoms with Crippen molar-refractivity contribution in [3.8, 4) is 23.3 Å². The molecule has 3 nitrogen and oxygen atoms in total. The molecule has 0 aliphatic heterocycles. The quantitative estimate of drug-likeness (QED) is 0.872. The Morgan fingerprint density at radius 3 is 2.53 bits per heavy atom. The second kappa shape index (κ2) is 5.04. The molecule has 2 aromatic carbocycles. The first-order chi connectivity index (χ1) is 8.31. The summed E-state index contributed by atoms with van der Waals surface area (Å²) in [6.07, 6.45) is 0.165. The van der Waals surface area contributed by atoms with Crippen LogP contribution in [0.5, 0.6) is 17.2 Å². The largest absolute Gasteiger partial charge is 0.504 e. The van der Waals surface area contributed by atoms with Gasteiger partial charge in [0.25, 0.3) is 0 Å². The van der Waals surface area contributed by atoms with Gasteiger partial charge in [-0.15, -0.1) is 0 Å². The molecule has 0 saturated carbocycles. The molecule has 0 unspecified atom stereocenters. The number of rotatable bonds is 3. The fourth-order valence-corrected chi connectivity index (χ4v) is 1.49. The molecule has 0 radical (unpaired) electrons. The molecule has 17 heavy (non-hydrogen) atoms. The molecular formula is C14H11NO2. The first-order valence-electron chi connectivity index (χ1n) is 5.22. The van der Waals surface area contributed by atoms with E-state index in [9.17, 15) is 5.11 Å². The van der Waals surface area contributed by atoms with Gasteiger partial charge in [0.1, 0.15) is 5.75 Å². The van der Waals surface area contributed by atoms with E-state index in [0.717, 1.165) is 0 Å². The summed E-state index contributed by atoms with van der Waals surface area (Å²) >= 11 is 0. The van der Waals surface area contributed by atoms with Gasteiger partial charge in [-0.25, -0.2) is 0 Å². The number of nitrogens with zero attached hydrogens (tertiary/aromatic N) is 1. The van der Waals surface area contributed by atoms with E-state index in [4.69, 9.17) is 10.00 Å². The third-order valence-corrected chi connectivity index (χ3v) is 2.32. The van der Waals surface area contributed by atoms with Gasteiger partial charge in [0.15, 0.2) is 11.5 Å². The second-order valence-corrected chi connectivity index (χ2v) is 3.51. The normalized spacial score (nSPS) is 9.59. The standard InChI is InChI=1S/C14H11NO2/c15-10-9-11-5-4-8-13(14(11)16)17-12-6-2-1-3-7-12/h1-8,16H,9H2. The fourth-order valence-electron chi connectivity index (χ4n) is 1.49. The summed E-state index contributed by atoms with van der Waals surface area (Å²) in [5.41, 5.74) is 0.570. The van der Waals surface area contributed by atoms with E-state index >= 15 is 0 Å². The van der Waals surface area contributed by atoms with Gasteiger partial charge in [0.2, 0.25) is 0 Å². The van der Waals surface area contributed by atoms with Crippen LogP contribution in [-0.4, -0.2) is 5.11 Å². The Bertz CT molecular complexity index is 544. The summed E-state index contributed by atoms with van der Waals surface area (Å²) in [5.74, 6) is 1.04. The minimum Gasteiger partial charge on any atom is -0.504 e. The Labute approximate surface area is 99.5 Å². The van der Waals surface area contributed by atoms with Crippen molar-refractivity contribution in [2.75, 3.05) is 0 Å². The lowest BCUT2D eigenvalue weighted by Gasteiger charge is -2.09. The highest BCUT2D eigenvalue weighted by Crippen LogP contribution is 2.33. The van der Waals surface area contributed by atoms with E-state index in [0.29, 0.717) is 17.1 Å². The van der Waals surface area contributed by atoms with Crippen molar-refractivity contribution in [3.05, 3.63) is 54.1 Å². The number of ether oxygens (including phenoxy) is 1. The summed E-state index contributed by atoms with van der Waals surface area (Å²) in [7, 11) is 0. The molecule has 0 saturated heterocycles. The monoisotopic (exact) mass is 225 g/mol. The number of para-hydroxylation sites is 2. The van der Waals surface area contributed by atoms with E-state index < -0.39 is 0 Å². The predicted molar refractivity (Wildman–Crippen MR) is 63.9 cm³/mol. The SMILES string of the molecule is N#CCc1cccc(Oc2ccccc2)c1O. The molecule has 2 aromatic rings. The van der Waals surface area contributed by atoms with Gasteiger partial charge in [0.05, 0.1) is 12.5 Å². The lowest BCUT2D eigenvalue weighted by atomic mass is 10.1. The molecule has 0 atom stereocenters. The number of hydrogen-bond acceptors (Lipinski definition) is 3. The Hall–Kier alpha value is -2.47. The molecule has 2 rings (SSSR count). The van der Waals surface area contributed by atoms with Crippen LogP contribution in [0.25, 0.3) is 0 Å². The van der Waals surface area contributed by atoms with Gasteiger partial charge >= 0.3 is 0 Å². The first kappa shape index (κ1) is 11.0. The molecule has 0 aromatic heterocycles. The highest BCUT2D eigenvalue weighted by molar-refractivity contribution is 5.48. The van der Waals surface area contributed by atoms with Crippen molar-refractivity contribution in [2.45, 2.75) is 6.42 Å². The minimum absolute atomic E-state index is 0.0258. The van der Waals surface area contributed by atoms with Gasteiger partial charge in [-0.3, -0.25) is 0 Å². The zero-order valence-electron chi connectivity index (χ0n) is 9.13. The van der Waals surface area contributed by atoms with Crippen LogP contribution in [0.3, 0.4) is 0 Å². The lowest BCUT2D eigenvalue weighted by Crippen LogP contribution is -1.88. The molecule has 0 fully saturated rings. The van der Waals surface area contributed by atoms with Crippen molar-refractivity contribution in [3.63, 3.8) is 0 Å². The summed E-state index contributed by atoms with van der Waals surface area (Å²) in [5, 5.41) is 18.5. The highest BCUT2D eigenvalue weighted by atomic mass is 16.5. The van der Waals surface area contributed by atoms with Crippen LogP contribution < -0.4 is 4.74 Å². The van der Waals surface area contributed by atoms with Gasteiger partial charge in [-0.05, 0) is 18.2 Å². The molecule has 0 amide bonds. The van der Waals surface area contributed by atoms with Crippen molar-refractivity contribution in [1.29, 1.82) is 5.26 Å². The average Bonchev–Trinajstić information content (AvgIpc) is 2.36.